The van der Waals surface area contributed by atoms with Gasteiger partial charge in [-0.15, -0.1) is 0 Å². The highest BCUT2D eigenvalue weighted by Gasteiger charge is 2.35. The lowest BCUT2D eigenvalue weighted by Gasteiger charge is -2.35. The third-order valence-electron chi connectivity index (χ3n) is 4.07. The summed E-state index contributed by atoms with van der Waals surface area (Å²) in [6, 6.07) is 4.73. The number of para-hydroxylation sites is 1. The van der Waals surface area contributed by atoms with Gasteiger partial charge in [0, 0.05) is 13.1 Å². The monoisotopic (exact) mass is 342 g/mol. The van der Waals surface area contributed by atoms with Gasteiger partial charge in [0.05, 0.1) is 11.9 Å². The zero-order valence-corrected chi connectivity index (χ0v) is 14.4. The van der Waals surface area contributed by atoms with Gasteiger partial charge in [0.2, 0.25) is 15.9 Å². The van der Waals surface area contributed by atoms with E-state index in [0.717, 1.165) is 29.8 Å². The zero-order chi connectivity index (χ0) is 17.0. The summed E-state index contributed by atoms with van der Waals surface area (Å²) in [5.74, 6) is -0.899. The Kier molecular flexibility index (Phi) is 5.62. The van der Waals surface area contributed by atoms with Crippen LogP contribution >= 0.6 is 0 Å². The van der Waals surface area contributed by atoms with Gasteiger partial charge in [0.25, 0.3) is 0 Å². The number of carbonyl (C=O) groups is 1. The molecule has 1 atom stereocenters. The summed E-state index contributed by atoms with van der Waals surface area (Å²) in [4.78, 5) is 14.5. The number of amides is 1. The number of halogens is 1. The van der Waals surface area contributed by atoms with Crippen LogP contribution in [0.5, 0.6) is 0 Å². The molecule has 23 heavy (non-hydrogen) atoms. The third-order valence-corrected chi connectivity index (χ3v) is 5.24. The molecular weight excluding hydrogens is 319 g/mol. The normalized spacial score (nSPS) is 16.9. The lowest BCUT2D eigenvalue weighted by atomic mass is 10.1. The summed E-state index contributed by atoms with van der Waals surface area (Å²) >= 11 is 0. The Labute approximate surface area is 137 Å². The fourth-order valence-electron chi connectivity index (χ4n) is 2.97. The predicted octanol–water partition coefficient (Wildman–Crippen LogP) is 2.38. The van der Waals surface area contributed by atoms with Crippen molar-refractivity contribution in [2.24, 2.45) is 0 Å². The second-order valence-electron chi connectivity index (χ2n) is 5.82. The van der Waals surface area contributed by atoms with Gasteiger partial charge in [-0.05, 0) is 37.8 Å². The van der Waals surface area contributed by atoms with Crippen LogP contribution in [0.2, 0.25) is 0 Å². The van der Waals surface area contributed by atoms with Crippen molar-refractivity contribution in [1.29, 1.82) is 0 Å². The predicted molar refractivity (Wildman–Crippen MR) is 88.2 cm³/mol. The maximum absolute atomic E-state index is 14.1. The summed E-state index contributed by atoms with van der Waals surface area (Å²) in [6.45, 7) is 3.00. The number of hydrogen-bond donors (Lipinski definition) is 0. The van der Waals surface area contributed by atoms with E-state index < -0.39 is 21.9 Å². The van der Waals surface area contributed by atoms with Gasteiger partial charge in [-0.25, -0.2) is 12.8 Å². The van der Waals surface area contributed by atoms with Crippen LogP contribution in [0, 0.1) is 5.82 Å². The molecule has 0 spiro atoms. The van der Waals surface area contributed by atoms with Crippen molar-refractivity contribution in [2.75, 3.05) is 23.7 Å². The first-order chi connectivity index (χ1) is 10.9. The number of carbonyl (C=O) groups excluding carboxylic acids is 1. The second-order valence-corrected chi connectivity index (χ2v) is 7.68. The number of rotatable bonds is 5. The summed E-state index contributed by atoms with van der Waals surface area (Å²) in [5.41, 5.74) is -0.0767. The van der Waals surface area contributed by atoms with E-state index >= 15 is 0 Å². The molecule has 0 radical (unpaired) electrons. The Bertz CT molecular complexity index is 657. The molecule has 1 heterocycles. The van der Waals surface area contributed by atoms with E-state index in [4.69, 9.17) is 0 Å². The van der Waals surface area contributed by atoms with E-state index in [2.05, 4.69) is 0 Å². The number of sulfonamides is 1. The molecule has 1 aliphatic rings. The van der Waals surface area contributed by atoms with Crippen LogP contribution in [0.15, 0.2) is 24.3 Å². The van der Waals surface area contributed by atoms with Gasteiger partial charge < -0.3 is 4.90 Å². The fourth-order valence-corrected chi connectivity index (χ4v) is 4.18. The summed E-state index contributed by atoms with van der Waals surface area (Å²) in [5, 5.41) is 0. The maximum atomic E-state index is 14.1. The minimum Gasteiger partial charge on any atom is -0.341 e. The fraction of sp³-hybridized carbons (Fsp3) is 0.562. The third kappa shape index (κ3) is 4.02. The van der Waals surface area contributed by atoms with Crippen molar-refractivity contribution in [1.82, 2.24) is 4.90 Å². The summed E-state index contributed by atoms with van der Waals surface area (Å²) < 4.78 is 39.6. The molecule has 128 valence electrons. The number of benzene rings is 1. The topological polar surface area (TPSA) is 57.7 Å². The van der Waals surface area contributed by atoms with Crippen molar-refractivity contribution < 1.29 is 17.6 Å². The quantitative estimate of drug-likeness (QED) is 0.825. The van der Waals surface area contributed by atoms with Crippen LogP contribution in [0.3, 0.4) is 0 Å². The van der Waals surface area contributed by atoms with E-state index in [9.17, 15) is 17.6 Å². The summed E-state index contributed by atoms with van der Waals surface area (Å²) in [7, 11) is -3.79. The van der Waals surface area contributed by atoms with Gasteiger partial charge in [-0.3, -0.25) is 9.10 Å². The highest BCUT2D eigenvalue weighted by molar-refractivity contribution is 7.92. The largest absolute Gasteiger partial charge is 0.341 e. The van der Waals surface area contributed by atoms with Crippen molar-refractivity contribution in [3.63, 3.8) is 0 Å². The number of anilines is 1. The average Bonchev–Trinajstić information content (AvgIpc) is 2.52. The number of hydrogen-bond acceptors (Lipinski definition) is 3. The Morgan fingerprint density at radius 2 is 1.87 bits per heavy atom. The molecule has 1 aromatic carbocycles. The average molecular weight is 342 g/mol. The maximum Gasteiger partial charge on any atom is 0.246 e. The first-order valence-electron chi connectivity index (χ1n) is 7.89. The van der Waals surface area contributed by atoms with Crippen LogP contribution in [-0.2, 0) is 14.8 Å². The van der Waals surface area contributed by atoms with Crippen LogP contribution < -0.4 is 4.31 Å². The SMILES string of the molecule is CCC(C(=O)N1CCCCC1)N(c1ccccc1F)S(C)(=O)=O. The first-order valence-corrected chi connectivity index (χ1v) is 9.73. The Balaban J connectivity index is 2.40. The first kappa shape index (κ1) is 17.7. The molecule has 5 nitrogen and oxygen atoms in total. The van der Waals surface area contributed by atoms with E-state index in [-0.39, 0.29) is 18.0 Å². The molecule has 0 aliphatic carbocycles. The molecule has 0 bridgehead atoms. The van der Waals surface area contributed by atoms with Crippen LogP contribution in [0.4, 0.5) is 10.1 Å². The van der Waals surface area contributed by atoms with Crippen molar-refractivity contribution in [3.8, 4) is 0 Å². The molecule has 0 N–H and O–H groups in total. The van der Waals surface area contributed by atoms with Crippen molar-refractivity contribution in [2.45, 2.75) is 38.6 Å². The number of likely N-dealkylation sites (tertiary alicyclic amines) is 1. The Morgan fingerprint density at radius 3 is 2.39 bits per heavy atom. The van der Waals surface area contributed by atoms with Gasteiger partial charge in [-0.1, -0.05) is 19.1 Å². The zero-order valence-electron chi connectivity index (χ0n) is 13.5. The number of nitrogens with zero attached hydrogens (tertiary/aromatic N) is 2. The molecule has 1 saturated heterocycles. The molecule has 0 saturated carbocycles. The molecule has 1 aliphatic heterocycles. The molecule has 1 amide bonds. The smallest absolute Gasteiger partial charge is 0.246 e. The molecule has 7 heteroatoms. The van der Waals surface area contributed by atoms with E-state index in [1.165, 1.54) is 18.2 Å². The van der Waals surface area contributed by atoms with Crippen LogP contribution in [-0.4, -0.2) is 44.6 Å². The van der Waals surface area contributed by atoms with Gasteiger partial charge in [0.1, 0.15) is 11.9 Å². The highest BCUT2D eigenvalue weighted by atomic mass is 32.2. The summed E-state index contributed by atoms with van der Waals surface area (Å²) in [6.07, 6.45) is 4.20. The molecule has 1 aromatic rings. The second kappa shape index (κ2) is 7.29. The Hall–Kier alpha value is -1.63. The standard InChI is InChI=1S/C16H23FN2O3S/c1-3-14(16(20)18-11-7-4-8-12-18)19(23(2,21)22)15-10-6-5-9-13(15)17/h5-6,9-10,14H,3-4,7-8,11-12H2,1-2H3. The van der Waals surface area contributed by atoms with Crippen molar-refractivity contribution >= 4 is 21.6 Å². The minimum absolute atomic E-state index is 0.0767. The number of piperidine rings is 1. The molecule has 2 rings (SSSR count). The van der Waals surface area contributed by atoms with E-state index in [0.29, 0.717) is 13.1 Å². The lowest BCUT2D eigenvalue weighted by molar-refractivity contribution is -0.133. The highest BCUT2D eigenvalue weighted by Crippen LogP contribution is 2.26. The van der Waals surface area contributed by atoms with E-state index in [1.54, 1.807) is 17.9 Å². The Morgan fingerprint density at radius 1 is 1.26 bits per heavy atom. The van der Waals surface area contributed by atoms with Gasteiger partial charge in [0.15, 0.2) is 0 Å². The molecule has 1 unspecified atom stereocenters. The van der Waals surface area contributed by atoms with Crippen LogP contribution in [0.1, 0.15) is 32.6 Å². The molecular formula is C16H23FN2O3S. The van der Waals surface area contributed by atoms with Crippen LogP contribution in [0.25, 0.3) is 0 Å². The van der Waals surface area contributed by atoms with E-state index in [1.807, 2.05) is 0 Å². The lowest BCUT2D eigenvalue weighted by Crippen LogP contribution is -2.52. The van der Waals surface area contributed by atoms with Crippen molar-refractivity contribution in [3.05, 3.63) is 30.1 Å². The molecule has 1 fully saturated rings. The van der Waals surface area contributed by atoms with Gasteiger partial charge in [-0.2, -0.15) is 0 Å². The minimum atomic E-state index is -3.79. The van der Waals surface area contributed by atoms with Gasteiger partial charge >= 0.3 is 0 Å². The molecule has 0 aromatic heterocycles.